The second-order valence-corrected chi connectivity index (χ2v) is 9.91. The molecule has 0 N–H and O–H groups in total. The maximum absolute atomic E-state index is 5.78. The molecule has 0 amide bonds. The topological polar surface area (TPSA) is 49.7 Å². The molecule has 0 aliphatic carbocycles. The lowest BCUT2D eigenvalue weighted by molar-refractivity contribution is 0.219. The van der Waals surface area contributed by atoms with Gasteiger partial charge in [-0.25, -0.2) is 9.98 Å². The fourth-order valence-electron chi connectivity index (χ4n) is 2.87. The molecule has 2 aliphatic rings. The molecular formula is C20H38N4O2. The Morgan fingerprint density at radius 1 is 0.769 bits per heavy atom. The molecule has 2 rings (SSSR count). The van der Waals surface area contributed by atoms with Crippen molar-refractivity contribution in [3.05, 3.63) is 0 Å². The van der Waals surface area contributed by atoms with Crippen molar-refractivity contribution in [1.29, 1.82) is 0 Å². The van der Waals surface area contributed by atoms with Gasteiger partial charge in [-0.15, -0.1) is 0 Å². The average molecular weight is 367 g/mol. The first kappa shape index (κ1) is 21.2. The zero-order valence-corrected chi connectivity index (χ0v) is 18.0. The smallest absolute Gasteiger partial charge is 0.198 e. The van der Waals surface area contributed by atoms with E-state index in [2.05, 4.69) is 65.4 Å². The van der Waals surface area contributed by atoms with Crippen molar-refractivity contribution in [2.24, 2.45) is 20.8 Å². The van der Waals surface area contributed by atoms with E-state index in [-0.39, 0.29) is 22.9 Å². The van der Waals surface area contributed by atoms with Crippen molar-refractivity contribution in [2.45, 2.75) is 53.6 Å². The Kier molecular flexibility index (Phi) is 6.72. The molecule has 6 nitrogen and oxygen atoms in total. The molecule has 0 bridgehead atoms. The number of likely N-dealkylation sites (N-methyl/N-ethyl adjacent to an activating group) is 2. The van der Waals surface area contributed by atoms with Gasteiger partial charge in [0.25, 0.3) is 0 Å². The van der Waals surface area contributed by atoms with Gasteiger partial charge in [0.15, 0.2) is 11.8 Å². The molecule has 0 aromatic carbocycles. The van der Waals surface area contributed by atoms with Crippen LogP contribution >= 0.6 is 0 Å². The van der Waals surface area contributed by atoms with Crippen molar-refractivity contribution in [3.63, 3.8) is 0 Å². The number of hydrogen-bond acceptors (Lipinski definition) is 6. The van der Waals surface area contributed by atoms with Gasteiger partial charge in [0.1, 0.15) is 13.2 Å². The highest BCUT2D eigenvalue weighted by Gasteiger charge is 2.31. The van der Waals surface area contributed by atoms with E-state index in [0.717, 1.165) is 38.0 Å². The van der Waals surface area contributed by atoms with Gasteiger partial charge in [-0.05, 0) is 24.9 Å². The van der Waals surface area contributed by atoms with Crippen molar-refractivity contribution in [1.82, 2.24) is 9.80 Å². The van der Waals surface area contributed by atoms with Gasteiger partial charge in [-0.3, -0.25) is 9.80 Å². The SMILES string of the molecule is CN(CCN(C)CC1=N[C@@H](C(C)(C)C)CO1)CC1=N[C@@H](C(C)(C)C)CO1. The predicted molar refractivity (Wildman–Crippen MR) is 108 cm³/mol. The summed E-state index contributed by atoms with van der Waals surface area (Å²) in [4.78, 5) is 14.0. The molecule has 2 heterocycles. The maximum atomic E-state index is 5.78. The zero-order valence-electron chi connectivity index (χ0n) is 18.0. The third kappa shape index (κ3) is 6.23. The summed E-state index contributed by atoms with van der Waals surface area (Å²) in [6.07, 6.45) is 0. The van der Waals surface area contributed by atoms with Crippen LogP contribution in [0.2, 0.25) is 0 Å². The molecule has 0 saturated heterocycles. The molecule has 0 fully saturated rings. The lowest BCUT2D eigenvalue weighted by Gasteiger charge is -2.22. The molecule has 26 heavy (non-hydrogen) atoms. The van der Waals surface area contributed by atoms with Gasteiger partial charge >= 0.3 is 0 Å². The normalized spacial score (nSPS) is 23.9. The van der Waals surface area contributed by atoms with E-state index in [1.54, 1.807) is 0 Å². The summed E-state index contributed by atoms with van der Waals surface area (Å²) in [5, 5.41) is 0. The summed E-state index contributed by atoms with van der Waals surface area (Å²) in [5.74, 6) is 1.73. The molecule has 6 heteroatoms. The van der Waals surface area contributed by atoms with Crippen molar-refractivity contribution < 1.29 is 9.47 Å². The molecular weight excluding hydrogens is 328 g/mol. The summed E-state index contributed by atoms with van der Waals surface area (Å²) in [5.41, 5.74) is 0.320. The van der Waals surface area contributed by atoms with Crippen molar-refractivity contribution >= 4 is 11.8 Å². The van der Waals surface area contributed by atoms with Crippen LogP contribution in [0.4, 0.5) is 0 Å². The first-order valence-electron chi connectivity index (χ1n) is 9.71. The second-order valence-electron chi connectivity index (χ2n) is 9.91. The van der Waals surface area contributed by atoms with Gasteiger partial charge in [-0.2, -0.15) is 0 Å². The first-order chi connectivity index (χ1) is 11.9. The number of ether oxygens (including phenoxy) is 2. The average Bonchev–Trinajstić information content (AvgIpc) is 3.13. The highest BCUT2D eigenvalue weighted by molar-refractivity contribution is 5.80. The van der Waals surface area contributed by atoms with Crippen molar-refractivity contribution in [2.75, 3.05) is 53.5 Å². The summed E-state index contributed by atoms with van der Waals surface area (Å²) in [6, 6.07) is 0.531. The Labute approximate surface area is 159 Å². The first-order valence-corrected chi connectivity index (χ1v) is 9.71. The van der Waals surface area contributed by atoms with E-state index >= 15 is 0 Å². The van der Waals surface area contributed by atoms with Crippen molar-refractivity contribution in [3.8, 4) is 0 Å². The van der Waals surface area contributed by atoms with Gasteiger partial charge in [0, 0.05) is 13.1 Å². The predicted octanol–water partition coefficient (Wildman–Crippen LogP) is 2.54. The van der Waals surface area contributed by atoms with E-state index in [4.69, 9.17) is 19.5 Å². The van der Waals surface area contributed by atoms with Crippen LogP contribution in [-0.4, -0.2) is 87.2 Å². The molecule has 0 saturated carbocycles. The zero-order chi connectivity index (χ0) is 19.5. The van der Waals surface area contributed by atoms with Crippen LogP contribution < -0.4 is 0 Å². The molecule has 0 unspecified atom stereocenters. The molecule has 2 aliphatic heterocycles. The molecule has 0 spiro atoms. The monoisotopic (exact) mass is 366 g/mol. The van der Waals surface area contributed by atoms with Crippen LogP contribution in [-0.2, 0) is 9.47 Å². The minimum Gasteiger partial charge on any atom is -0.478 e. The second kappa shape index (κ2) is 8.26. The fraction of sp³-hybridized carbons (Fsp3) is 0.900. The lowest BCUT2D eigenvalue weighted by atomic mass is 9.88. The number of rotatable bonds is 7. The Hall–Kier alpha value is -1.14. The fourth-order valence-corrected chi connectivity index (χ4v) is 2.87. The Bertz CT molecular complexity index is 483. The van der Waals surface area contributed by atoms with Crippen LogP contribution in [0.1, 0.15) is 41.5 Å². The summed E-state index contributed by atoms with van der Waals surface area (Å²) in [7, 11) is 4.23. The molecule has 0 aromatic heterocycles. The molecule has 0 radical (unpaired) electrons. The van der Waals surface area contributed by atoms with E-state index in [1.165, 1.54) is 0 Å². The lowest BCUT2D eigenvalue weighted by Crippen LogP contribution is -2.36. The van der Waals surface area contributed by atoms with Gasteiger partial charge in [0.05, 0.1) is 25.2 Å². The van der Waals surface area contributed by atoms with Crippen LogP contribution in [0.3, 0.4) is 0 Å². The minimum absolute atomic E-state index is 0.160. The number of aliphatic imine (C=N–C) groups is 2. The van der Waals surface area contributed by atoms with Crippen LogP contribution in [0, 0.1) is 10.8 Å². The Balaban J connectivity index is 1.72. The third-order valence-electron chi connectivity index (χ3n) is 5.09. The van der Waals surface area contributed by atoms with Gasteiger partial charge in [-0.1, -0.05) is 41.5 Å². The van der Waals surface area contributed by atoms with E-state index in [1.807, 2.05) is 0 Å². The minimum atomic E-state index is 0.160. The van der Waals surface area contributed by atoms with Crippen LogP contribution in [0.25, 0.3) is 0 Å². The summed E-state index contributed by atoms with van der Waals surface area (Å²) < 4.78 is 11.6. The standard InChI is InChI=1S/C20H38N4O2/c1-19(2,3)15-13-25-17(21-15)11-23(7)9-10-24(8)12-18-22-16(14-26-18)20(4,5)6/h15-16H,9-14H2,1-8H3/t15-,16-/m1/s1. The maximum Gasteiger partial charge on any atom is 0.198 e. The highest BCUT2D eigenvalue weighted by atomic mass is 16.5. The third-order valence-corrected chi connectivity index (χ3v) is 5.09. The number of hydrogen-bond donors (Lipinski definition) is 0. The van der Waals surface area contributed by atoms with Gasteiger partial charge < -0.3 is 9.47 Å². The molecule has 150 valence electrons. The van der Waals surface area contributed by atoms with E-state index < -0.39 is 0 Å². The summed E-state index contributed by atoms with van der Waals surface area (Å²) >= 11 is 0. The number of nitrogens with zero attached hydrogens (tertiary/aromatic N) is 4. The quantitative estimate of drug-likeness (QED) is 0.695. The summed E-state index contributed by atoms with van der Waals surface area (Å²) in [6.45, 7) is 18.1. The van der Waals surface area contributed by atoms with E-state index in [9.17, 15) is 0 Å². The van der Waals surface area contributed by atoms with Gasteiger partial charge in [0.2, 0.25) is 0 Å². The molecule has 0 aromatic rings. The largest absolute Gasteiger partial charge is 0.478 e. The highest BCUT2D eigenvalue weighted by Crippen LogP contribution is 2.26. The Morgan fingerprint density at radius 2 is 1.12 bits per heavy atom. The van der Waals surface area contributed by atoms with Crippen LogP contribution in [0.5, 0.6) is 0 Å². The Morgan fingerprint density at radius 3 is 1.38 bits per heavy atom. The molecule has 2 atom stereocenters. The van der Waals surface area contributed by atoms with Crippen LogP contribution in [0.15, 0.2) is 9.98 Å². The van der Waals surface area contributed by atoms with E-state index in [0.29, 0.717) is 13.2 Å².